The highest BCUT2D eigenvalue weighted by Crippen LogP contribution is 2.41. The summed E-state index contributed by atoms with van der Waals surface area (Å²) in [6, 6.07) is -0.0418. The third kappa shape index (κ3) is 10.0. The number of nitrogens with zero attached hydrogens (tertiary/aromatic N) is 2. The van der Waals surface area contributed by atoms with Crippen molar-refractivity contribution in [2.24, 2.45) is 28.7 Å². The van der Waals surface area contributed by atoms with Crippen molar-refractivity contribution in [3.8, 4) is 0 Å². The van der Waals surface area contributed by atoms with Gasteiger partial charge in [-0.25, -0.2) is 0 Å². The molecule has 18 atom stereocenters. The summed E-state index contributed by atoms with van der Waals surface area (Å²) >= 11 is 0. The Labute approximate surface area is 324 Å². The van der Waals surface area contributed by atoms with Crippen molar-refractivity contribution in [1.82, 2.24) is 4.90 Å². The number of aliphatic imine (C=N–C) groups is 1. The fraction of sp³-hybridized carbons (Fsp3) is 0.950. The van der Waals surface area contributed by atoms with Crippen LogP contribution in [0.2, 0.25) is 0 Å². The maximum absolute atomic E-state index is 14.3. The van der Waals surface area contributed by atoms with Crippen LogP contribution >= 0.6 is 0 Å². The molecule has 0 aromatic rings. The molecule has 0 aromatic carbocycles. The molecule has 0 saturated carbocycles. The first-order chi connectivity index (χ1) is 25.0. The number of esters is 1. The summed E-state index contributed by atoms with van der Waals surface area (Å²) in [7, 11) is 10.5. The zero-order chi connectivity index (χ0) is 41.1. The van der Waals surface area contributed by atoms with Crippen LogP contribution in [-0.2, 0) is 42.7 Å². The van der Waals surface area contributed by atoms with E-state index in [0.29, 0.717) is 12.1 Å². The van der Waals surface area contributed by atoms with Crippen molar-refractivity contribution in [3.63, 3.8) is 0 Å². The normalized spacial score (nSPS) is 48.4. The average Bonchev–Trinajstić information content (AvgIpc) is 3.09. The van der Waals surface area contributed by atoms with Crippen LogP contribution in [0.15, 0.2) is 4.99 Å². The van der Waals surface area contributed by atoms with Gasteiger partial charge in [0.2, 0.25) is 0 Å². The number of hydrogen-bond acceptors (Lipinski definition) is 14. The van der Waals surface area contributed by atoms with Crippen LogP contribution in [-0.4, -0.2) is 159 Å². The monoisotopic (exact) mass is 775 g/mol. The van der Waals surface area contributed by atoms with E-state index in [1.54, 1.807) is 56.1 Å². The first-order valence-corrected chi connectivity index (χ1v) is 19.7. The van der Waals surface area contributed by atoms with Gasteiger partial charge in [-0.3, -0.25) is 9.79 Å². The minimum atomic E-state index is -1.83. The molecule has 0 amide bonds. The number of aliphatic hydroxyl groups is 3. The van der Waals surface area contributed by atoms with Crippen molar-refractivity contribution >= 4 is 11.7 Å². The van der Waals surface area contributed by atoms with Crippen LogP contribution in [0.3, 0.4) is 0 Å². The smallest absolute Gasteiger partial charge is 0.311 e. The molecule has 0 radical (unpaired) electrons. The van der Waals surface area contributed by atoms with E-state index in [2.05, 4.69) is 9.89 Å². The third-order valence-electron chi connectivity index (χ3n) is 12.6. The standard InChI is InChI=1S/C40H74N2O12/c1-17-28-40(10,46)33(43)23(4)30(41-11)21(2)19-38(8,45)34(54-37-32(47-14)27(42(12)13)18-22(3)50-37)24(5)31(25(6)36(44)52-28)53-29-20-39(9,49-16)35(48-15)26(7)51-29/h21-29,31-35,37,43,45-46H,17-20H2,1-16H3/t21-,22-,23+,24+,25-,26+,27+,28-,29+,31+,32-,33-,34-,35+,37+,38-,39-,40-/m1/s1. The summed E-state index contributed by atoms with van der Waals surface area (Å²) in [6.07, 6.45) is -6.19. The number of cyclic esters (lactones) is 1. The predicted molar refractivity (Wildman–Crippen MR) is 204 cm³/mol. The van der Waals surface area contributed by atoms with Gasteiger partial charge >= 0.3 is 5.97 Å². The van der Waals surface area contributed by atoms with Gasteiger partial charge in [-0.05, 0) is 80.8 Å². The van der Waals surface area contributed by atoms with E-state index in [0.717, 1.165) is 0 Å². The number of carbonyl (C=O) groups excluding carboxylic acids is 1. The second kappa shape index (κ2) is 19.0. The second-order valence-corrected chi connectivity index (χ2v) is 17.1. The van der Waals surface area contributed by atoms with Crippen LogP contribution in [0.1, 0.15) is 94.9 Å². The number of hydrogen-bond donors (Lipinski definition) is 3. The molecule has 3 saturated heterocycles. The molecule has 3 fully saturated rings. The predicted octanol–water partition coefficient (Wildman–Crippen LogP) is 3.60. The first-order valence-electron chi connectivity index (χ1n) is 19.7. The molecule has 316 valence electrons. The lowest BCUT2D eigenvalue weighted by Crippen LogP contribution is -2.61. The summed E-state index contributed by atoms with van der Waals surface area (Å²) in [5.41, 5.74) is -3.60. The van der Waals surface area contributed by atoms with Gasteiger partial charge in [0.25, 0.3) is 0 Å². The quantitative estimate of drug-likeness (QED) is 0.291. The molecule has 3 aliphatic rings. The topological polar surface area (TPSA) is 167 Å². The van der Waals surface area contributed by atoms with Gasteiger partial charge < -0.3 is 58.1 Å². The minimum absolute atomic E-state index is 0.0418. The largest absolute Gasteiger partial charge is 0.459 e. The molecular weight excluding hydrogens is 700 g/mol. The van der Waals surface area contributed by atoms with E-state index in [9.17, 15) is 20.1 Å². The Morgan fingerprint density at radius 1 is 0.889 bits per heavy atom. The Bertz CT molecular complexity index is 1230. The zero-order valence-electron chi connectivity index (χ0n) is 35.9. The molecule has 0 unspecified atom stereocenters. The number of methoxy groups -OCH3 is 3. The molecule has 0 bridgehead atoms. The molecule has 3 N–H and O–H groups in total. The highest BCUT2D eigenvalue weighted by atomic mass is 16.7. The van der Waals surface area contributed by atoms with Crippen LogP contribution < -0.4 is 0 Å². The Hall–Kier alpha value is -1.30. The Kier molecular flexibility index (Phi) is 16.5. The van der Waals surface area contributed by atoms with Gasteiger partial charge in [-0.1, -0.05) is 27.7 Å². The van der Waals surface area contributed by atoms with E-state index < -0.39 is 89.7 Å². The SMILES string of the molecule is CC[C@H]1OC(=O)[C@H](C)[C@@H](O[C@H]2C[C@@](C)(OC)[C@@H](OC)[C@H](C)O2)[C@H](C)[C@@H](O[C@@H]2O[C@H](C)C[C@H](N(C)C)[C@H]2OC)[C@](C)(O)C[C@@H](C)C(=NC)[C@H](C)[C@@H](O)[C@]1(C)O. The van der Waals surface area contributed by atoms with Crippen molar-refractivity contribution in [1.29, 1.82) is 0 Å². The molecule has 0 aliphatic carbocycles. The summed E-state index contributed by atoms with van der Waals surface area (Å²) in [6.45, 7) is 18.1. The summed E-state index contributed by atoms with van der Waals surface area (Å²) in [5.74, 6) is -3.31. The lowest BCUT2D eigenvalue weighted by molar-refractivity contribution is -0.320. The lowest BCUT2D eigenvalue weighted by Gasteiger charge is -2.50. The highest BCUT2D eigenvalue weighted by molar-refractivity contribution is 5.89. The maximum Gasteiger partial charge on any atom is 0.311 e. The van der Waals surface area contributed by atoms with Crippen LogP contribution in [0, 0.1) is 23.7 Å². The maximum atomic E-state index is 14.3. The van der Waals surface area contributed by atoms with Crippen LogP contribution in [0.5, 0.6) is 0 Å². The number of likely N-dealkylation sites (N-methyl/N-ethyl adjacent to an activating group) is 1. The van der Waals surface area contributed by atoms with Gasteiger partial charge in [-0.2, -0.15) is 0 Å². The first kappa shape index (κ1) is 47.1. The Balaban J connectivity index is 2.24. The molecule has 54 heavy (non-hydrogen) atoms. The Morgan fingerprint density at radius 2 is 1.52 bits per heavy atom. The van der Waals surface area contributed by atoms with Gasteiger partial charge in [0.05, 0.1) is 47.6 Å². The molecule has 3 aliphatic heterocycles. The molecule has 0 spiro atoms. The van der Waals surface area contributed by atoms with Gasteiger partial charge in [0, 0.05) is 58.4 Å². The average molecular weight is 775 g/mol. The zero-order valence-corrected chi connectivity index (χ0v) is 35.9. The Morgan fingerprint density at radius 3 is 2.04 bits per heavy atom. The number of carbonyl (C=O) groups is 1. The third-order valence-corrected chi connectivity index (χ3v) is 12.6. The molecule has 3 heterocycles. The van der Waals surface area contributed by atoms with Crippen LogP contribution in [0.4, 0.5) is 0 Å². The second-order valence-electron chi connectivity index (χ2n) is 17.1. The molecule has 0 aromatic heterocycles. The van der Waals surface area contributed by atoms with Crippen LogP contribution in [0.25, 0.3) is 0 Å². The fourth-order valence-electron chi connectivity index (χ4n) is 9.52. The van der Waals surface area contributed by atoms with Crippen molar-refractivity contribution in [3.05, 3.63) is 0 Å². The number of rotatable bonds is 9. The molecule has 14 heteroatoms. The van der Waals surface area contributed by atoms with Gasteiger partial charge in [0.15, 0.2) is 12.6 Å². The highest BCUT2D eigenvalue weighted by Gasteiger charge is 2.53. The van der Waals surface area contributed by atoms with E-state index >= 15 is 0 Å². The van der Waals surface area contributed by atoms with Crippen molar-refractivity contribution in [2.45, 2.75) is 179 Å². The van der Waals surface area contributed by atoms with E-state index in [4.69, 9.17) is 37.9 Å². The van der Waals surface area contributed by atoms with Crippen molar-refractivity contribution < 1.29 is 58.0 Å². The van der Waals surface area contributed by atoms with E-state index in [-0.39, 0.29) is 43.4 Å². The molecule has 14 nitrogen and oxygen atoms in total. The number of ether oxygens (including phenoxy) is 8. The van der Waals surface area contributed by atoms with Gasteiger partial charge in [-0.15, -0.1) is 0 Å². The lowest BCUT2D eigenvalue weighted by atomic mass is 9.73. The number of aliphatic hydroxyl groups excluding tert-OH is 1. The molecule has 3 rings (SSSR count). The van der Waals surface area contributed by atoms with Crippen molar-refractivity contribution in [2.75, 3.05) is 42.5 Å². The van der Waals surface area contributed by atoms with E-state index in [1.807, 2.05) is 48.7 Å². The van der Waals surface area contributed by atoms with Gasteiger partial charge in [0.1, 0.15) is 23.9 Å². The summed E-state index contributed by atoms with van der Waals surface area (Å²) < 4.78 is 50.5. The minimum Gasteiger partial charge on any atom is -0.459 e. The summed E-state index contributed by atoms with van der Waals surface area (Å²) in [5, 5.41) is 36.2. The molecular formula is C40H74N2O12. The van der Waals surface area contributed by atoms with E-state index in [1.165, 1.54) is 6.92 Å². The summed E-state index contributed by atoms with van der Waals surface area (Å²) in [4.78, 5) is 21.0. The fourth-order valence-corrected chi connectivity index (χ4v) is 9.52.